The number of ether oxygens (including phenoxy) is 1. The topological polar surface area (TPSA) is 88.5 Å². The third kappa shape index (κ3) is 4.88. The molecule has 0 aliphatic carbocycles. The van der Waals surface area contributed by atoms with E-state index in [0.29, 0.717) is 16.8 Å². The maximum Gasteiger partial charge on any atom is 0.307 e. The first kappa shape index (κ1) is 18.1. The van der Waals surface area contributed by atoms with Crippen molar-refractivity contribution in [3.05, 3.63) is 83.8 Å². The first-order valence-electron chi connectivity index (χ1n) is 8.02. The number of carboxylic acids is 1. The zero-order valence-corrected chi connectivity index (χ0v) is 14.1. The average molecular weight is 366 g/mol. The molecule has 2 N–H and O–H groups in total. The van der Waals surface area contributed by atoms with E-state index in [2.05, 4.69) is 10.3 Å². The largest absolute Gasteiger partial charge is 0.481 e. The summed E-state index contributed by atoms with van der Waals surface area (Å²) in [5.41, 5.74) is 1.25. The minimum atomic E-state index is -1.05. The van der Waals surface area contributed by atoms with Crippen molar-refractivity contribution in [2.75, 3.05) is 5.32 Å². The molecular weight excluding hydrogens is 351 g/mol. The molecule has 1 aromatic heterocycles. The van der Waals surface area contributed by atoms with Gasteiger partial charge in [0.2, 0.25) is 5.88 Å². The normalized spacial score (nSPS) is 10.3. The fourth-order valence-corrected chi connectivity index (χ4v) is 2.36. The molecule has 3 rings (SSSR count). The quantitative estimate of drug-likeness (QED) is 0.691. The van der Waals surface area contributed by atoms with Crippen molar-refractivity contribution in [2.24, 2.45) is 0 Å². The van der Waals surface area contributed by atoms with Crippen molar-refractivity contribution in [1.29, 1.82) is 0 Å². The van der Waals surface area contributed by atoms with E-state index >= 15 is 0 Å². The van der Waals surface area contributed by atoms with Crippen LogP contribution in [0, 0.1) is 5.82 Å². The van der Waals surface area contributed by atoms with Crippen LogP contribution in [-0.4, -0.2) is 22.0 Å². The van der Waals surface area contributed by atoms with Gasteiger partial charge in [-0.05, 0) is 35.9 Å². The molecule has 0 aliphatic heterocycles. The number of hydrogen-bond donors (Lipinski definition) is 2. The summed E-state index contributed by atoms with van der Waals surface area (Å²) in [7, 11) is 0. The molecular formula is C20H15FN2O4. The van der Waals surface area contributed by atoms with Crippen LogP contribution in [0.2, 0.25) is 0 Å². The van der Waals surface area contributed by atoms with Gasteiger partial charge in [0.25, 0.3) is 5.91 Å². The molecule has 0 saturated heterocycles. The van der Waals surface area contributed by atoms with Crippen molar-refractivity contribution in [3.8, 4) is 11.6 Å². The summed E-state index contributed by atoms with van der Waals surface area (Å²) in [6, 6.07) is 15.7. The van der Waals surface area contributed by atoms with E-state index < -0.39 is 11.8 Å². The third-order valence-corrected chi connectivity index (χ3v) is 3.59. The summed E-state index contributed by atoms with van der Waals surface area (Å²) < 4.78 is 19.5. The minimum Gasteiger partial charge on any atom is -0.481 e. The van der Waals surface area contributed by atoms with Crippen LogP contribution in [0.3, 0.4) is 0 Å². The number of carbonyl (C=O) groups is 2. The number of benzene rings is 2. The Hall–Kier alpha value is -3.74. The molecule has 0 atom stereocenters. The number of carboxylic acid groups (broad SMARTS) is 1. The number of carbonyl (C=O) groups excluding carboxylic acids is 1. The molecule has 27 heavy (non-hydrogen) atoms. The Morgan fingerprint density at radius 2 is 1.85 bits per heavy atom. The van der Waals surface area contributed by atoms with Gasteiger partial charge in [0.15, 0.2) is 11.6 Å². The molecule has 1 amide bonds. The number of amides is 1. The highest BCUT2D eigenvalue weighted by molar-refractivity contribution is 6.04. The highest BCUT2D eigenvalue weighted by atomic mass is 19.1. The number of nitrogens with one attached hydrogen (secondary N) is 1. The predicted molar refractivity (Wildman–Crippen MR) is 96.4 cm³/mol. The number of halogens is 1. The Labute approximate surface area is 154 Å². The van der Waals surface area contributed by atoms with Crippen LogP contribution in [0.25, 0.3) is 0 Å². The van der Waals surface area contributed by atoms with Crippen molar-refractivity contribution >= 4 is 17.6 Å². The van der Waals surface area contributed by atoms with Gasteiger partial charge in [-0.25, -0.2) is 9.37 Å². The van der Waals surface area contributed by atoms with Crippen molar-refractivity contribution in [3.63, 3.8) is 0 Å². The summed E-state index contributed by atoms with van der Waals surface area (Å²) >= 11 is 0. The summed E-state index contributed by atoms with van der Waals surface area (Å²) in [5.74, 6) is -2.19. The van der Waals surface area contributed by atoms with Crippen molar-refractivity contribution in [1.82, 2.24) is 4.98 Å². The molecule has 1 heterocycles. The molecule has 0 saturated carbocycles. The van der Waals surface area contributed by atoms with Gasteiger partial charge in [-0.2, -0.15) is 0 Å². The lowest BCUT2D eigenvalue weighted by Crippen LogP contribution is -2.12. The van der Waals surface area contributed by atoms with E-state index in [1.165, 1.54) is 30.5 Å². The monoisotopic (exact) mass is 366 g/mol. The van der Waals surface area contributed by atoms with Crippen LogP contribution in [-0.2, 0) is 11.2 Å². The van der Waals surface area contributed by atoms with Gasteiger partial charge >= 0.3 is 5.97 Å². The molecule has 0 radical (unpaired) electrons. The predicted octanol–water partition coefficient (Wildman–Crippen LogP) is 3.89. The molecule has 0 fully saturated rings. The maximum atomic E-state index is 14.1. The fourth-order valence-electron chi connectivity index (χ4n) is 2.36. The smallest absolute Gasteiger partial charge is 0.307 e. The molecule has 7 heteroatoms. The van der Waals surface area contributed by atoms with E-state index in [-0.39, 0.29) is 24.0 Å². The molecule has 0 spiro atoms. The zero-order valence-electron chi connectivity index (χ0n) is 14.1. The first-order valence-corrected chi connectivity index (χ1v) is 8.02. The number of nitrogens with zero attached hydrogens (tertiary/aromatic N) is 1. The number of anilines is 1. The second-order valence-electron chi connectivity index (χ2n) is 5.64. The highest BCUT2D eigenvalue weighted by Crippen LogP contribution is 2.25. The van der Waals surface area contributed by atoms with Gasteiger partial charge in [0, 0.05) is 23.5 Å². The van der Waals surface area contributed by atoms with Gasteiger partial charge < -0.3 is 15.2 Å². The number of hydrogen-bond acceptors (Lipinski definition) is 4. The van der Waals surface area contributed by atoms with Gasteiger partial charge in [-0.3, -0.25) is 9.59 Å². The standard InChI is InChI=1S/C20H15FN2O4/c21-16-10-13(11-19(24)25)6-7-17(16)27-18-12-14(8-9-22-18)20(26)23-15-4-2-1-3-5-15/h1-10,12H,11H2,(H,23,26)(H,24,25). The van der Waals surface area contributed by atoms with Gasteiger partial charge in [0.1, 0.15) is 0 Å². The average Bonchev–Trinajstić information content (AvgIpc) is 2.64. The Morgan fingerprint density at radius 1 is 1.07 bits per heavy atom. The summed E-state index contributed by atoms with van der Waals surface area (Å²) in [6.07, 6.45) is 1.09. The lowest BCUT2D eigenvalue weighted by Gasteiger charge is -2.09. The number of rotatable bonds is 6. The first-order chi connectivity index (χ1) is 13.0. The van der Waals surface area contributed by atoms with E-state index in [1.807, 2.05) is 6.07 Å². The van der Waals surface area contributed by atoms with Gasteiger partial charge in [0.05, 0.1) is 6.42 Å². The van der Waals surface area contributed by atoms with E-state index in [9.17, 15) is 14.0 Å². The van der Waals surface area contributed by atoms with Gasteiger partial charge in [-0.15, -0.1) is 0 Å². The van der Waals surface area contributed by atoms with Crippen LogP contribution in [0.4, 0.5) is 10.1 Å². The van der Waals surface area contributed by atoms with Crippen molar-refractivity contribution in [2.45, 2.75) is 6.42 Å². The Kier molecular flexibility index (Phi) is 5.41. The minimum absolute atomic E-state index is 0.0422. The Balaban J connectivity index is 1.74. The molecule has 0 bridgehead atoms. The highest BCUT2D eigenvalue weighted by Gasteiger charge is 2.12. The summed E-state index contributed by atoms with van der Waals surface area (Å²) in [6.45, 7) is 0. The lowest BCUT2D eigenvalue weighted by molar-refractivity contribution is -0.136. The molecule has 0 aliphatic rings. The fraction of sp³-hybridized carbons (Fsp3) is 0.0500. The van der Waals surface area contributed by atoms with Crippen LogP contribution in [0.15, 0.2) is 66.9 Å². The summed E-state index contributed by atoms with van der Waals surface area (Å²) in [4.78, 5) is 27.0. The second kappa shape index (κ2) is 8.09. The number of pyridine rings is 1. The lowest BCUT2D eigenvalue weighted by atomic mass is 10.1. The third-order valence-electron chi connectivity index (χ3n) is 3.59. The number of para-hydroxylation sites is 1. The van der Waals surface area contributed by atoms with Crippen LogP contribution in [0.1, 0.15) is 15.9 Å². The number of aliphatic carboxylic acids is 1. The molecule has 2 aromatic carbocycles. The SMILES string of the molecule is O=C(O)Cc1ccc(Oc2cc(C(=O)Nc3ccccc3)ccn2)c(F)c1. The summed E-state index contributed by atoms with van der Waals surface area (Å²) in [5, 5.41) is 11.5. The molecule has 3 aromatic rings. The maximum absolute atomic E-state index is 14.1. The van der Waals surface area contributed by atoms with Gasteiger partial charge in [-0.1, -0.05) is 24.3 Å². The van der Waals surface area contributed by atoms with E-state index in [1.54, 1.807) is 24.3 Å². The molecule has 6 nitrogen and oxygen atoms in total. The Morgan fingerprint density at radius 3 is 2.56 bits per heavy atom. The van der Waals surface area contributed by atoms with Crippen LogP contribution < -0.4 is 10.1 Å². The van der Waals surface area contributed by atoms with Crippen molar-refractivity contribution < 1.29 is 23.8 Å². The zero-order chi connectivity index (χ0) is 19.2. The number of aromatic nitrogens is 1. The second-order valence-corrected chi connectivity index (χ2v) is 5.64. The Bertz CT molecular complexity index is 977. The molecule has 136 valence electrons. The van der Waals surface area contributed by atoms with Crippen LogP contribution >= 0.6 is 0 Å². The molecule has 0 unspecified atom stereocenters. The van der Waals surface area contributed by atoms with E-state index in [4.69, 9.17) is 9.84 Å². The van der Waals surface area contributed by atoms with Crippen LogP contribution in [0.5, 0.6) is 11.6 Å². The van der Waals surface area contributed by atoms with E-state index in [0.717, 1.165) is 6.07 Å².